The van der Waals surface area contributed by atoms with Crippen LogP contribution < -0.4 is 5.32 Å². The summed E-state index contributed by atoms with van der Waals surface area (Å²) in [6.07, 6.45) is 0. The van der Waals surface area contributed by atoms with Gasteiger partial charge in [0.15, 0.2) is 5.13 Å². The monoisotopic (exact) mass is 480 g/mol. The van der Waals surface area contributed by atoms with Crippen LogP contribution in [0, 0.1) is 3.57 Å². The van der Waals surface area contributed by atoms with Gasteiger partial charge in [0.05, 0.1) is 21.2 Å². The second kappa shape index (κ2) is 6.84. The number of nitrogens with one attached hydrogen (secondary N) is 1. The fourth-order valence-electron chi connectivity index (χ4n) is 1.75. The molecule has 0 aliphatic rings. The van der Waals surface area contributed by atoms with Crippen LogP contribution in [0.2, 0.25) is 10.0 Å². The number of thiazole rings is 1. The average Bonchev–Trinajstić information content (AvgIpc) is 3.13. The third-order valence-corrected chi connectivity index (χ3v) is 6.38. The van der Waals surface area contributed by atoms with E-state index in [2.05, 4.69) is 10.3 Å². The summed E-state index contributed by atoms with van der Waals surface area (Å²) >= 11 is 17.0. The zero-order valence-corrected chi connectivity index (χ0v) is 16.1. The van der Waals surface area contributed by atoms with Crippen LogP contribution in [0.25, 0.3) is 10.6 Å². The van der Waals surface area contributed by atoms with Crippen molar-refractivity contribution >= 4 is 79.5 Å². The highest BCUT2D eigenvalue weighted by Gasteiger charge is 2.16. The predicted molar refractivity (Wildman–Crippen MR) is 103 cm³/mol. The number of halogens is 3. The van der Waals surface area contributed by atoms with Gasteiger partial charge in [-0.2, -0.15) is 0 Å². The van der Waals surface area contributed by atoms with Gasteiger partial charge >= 0.3 is 0 Å². The van der Waals surface area contributed by atoms with E-state index in [0.717, 1.165) is 10.6 Å². The zero-order chi connectivity index (χ0) is 15.7. The lowest BCUT2D eigenvalue weighted by atomic mass is 10.2. The smallest absolute Gasteiger partial charge is 0.258 e. The maximum absolute atomic E-state index is 12.4. The summed E-state index contributed by atoms with van der Waals surface area (Å²) in [5.74, 6) is -0.277. The van der Waals surface area contributed by atoms with E-state index in [0.29, 0.717) is 24.3 Å². The van der Waals surface area contributed by atoms with Crippen molar-refractivity contribution in [2.24, 2.45) is 0 Å². The molecule has 0 bridgehead atoms. The lowest BCUT2D eigenvalue weighted by molar-refractivity contribution is 0.102. The van der Waals surface area contributed by atoms with Gasteiger partial charge < -0.3 is 0 Å². The van der Waals surface area contributed by atoms with E-state index < -0.39 is 0 Å². The molecule has 0 unspecified atom stereocenters. The minimum absolute atomic E-state index is 0.277. The van der Waals surface area contributed by atoms with Crippen LogP contribution in [0.1, 0.15) is 10.4 Å². The quantitative estimate of drug-likeness (QED) is 0.367. The van der Waals surface area contributed by atoms with Gasteiger partial charge in [0.2, 0.25) is 0 Å². The number of carbonyl (C=O) groups excluding carboxylic acids is 1. The molecule has 0 saturated carbocycles. The third-order valence-electron chi connectivity index (χ3n) is 2.74. The summed E-state index contributed by atoms with van der Waals surface area (Å²) < 4.78 is 0.663. The van der Waals surface area contributed by atoms with Gasteiger partial charge in [-0.25, -0.2) is 4.98 Å². The topological polar surface area (TPSA) is 42.0 Å². The van der Waals surface area contributed by atoms with Crippen LogP contribution >= 0.6 is 68.5 Å². The number of rotatable bonds is 3. The summed E-state index contributed by atoms with van der Waals surface area (Å²) in [6, 6.07) is 7.16. The molecular formula is C14H7Cl2IN2OS2. The van der Waals surface area contributed by atoms with E-state index in [1.165, 1.54) is 11.3 Å². The molecule has 112 valence electrons. The second-order valence-corrected chi connectivity index (χ2v) is 7.95. The Balaban J connectivity index is 1.83. The highest BCUT2D eigenvalue weighted by molar-refractivity contribution is 14.1. The number of nitrogens with zero attached hydrogens (tertiary/aromatic N) is 1. The van der Waals surface area contributed by atoms with Crippen LogP contribution in [0.4, 0.5) is 5.13 Å². The highest BCUT2D eigenvalue weighted by Crippen LogP contribution is 2.30. The lowest BCUT2D eigenvalue weighted by Gasteiger charge is -2.06. The van der Waals surface area contributed by atoms with Crippen molar-refractivity contribution in [3.63, 3.8) is 0 Å². The molecule has 0 aliphatic heterocycles. The molecule has 0 saturated heterocycles. The first kappa shape index (κ1) is 16.2. The van der Waals surface area contributed by atoms with E-state index in [1.807, 2.05) is 45.5 Å². The van der Waals surface area contributed by atoms with Crippen molar-refractivity contribution in [1.82, 2.24) is 4.98 Å². The van der Waals surface area contributed by atoms with Crippen LogP contribution in [-0.2, 0) is 0 Å². The minimum Gasteiger partial charge on any atom is -0.298 e. The molecule has 3 rings (SSSR count). The molecule has 0 radical (unpaired) electrons. The fourth-order valence-corrected chi connectivity index (χ4v) is 4.27. The zero-order valence-electron chi connectivity index (χ0n) is 10.8. The fraction of sp³-hybridized carbons (Fsp3) is 0. The lowest BCUT2D eigenvalue weighted by Crippen LogP contribution is -2.13. The Hall–Kier alpha value is -0.670. The van der Waals surface area contributed by atoms with Crippen LogP contribution in [0.3, 0.4) is 0 Å². The number of thiophene rings is 1. The van der Waals surface area contributed by atoms with Gasteiger partial charge in [-0.15, -0.1) is 22.7 Å². The number of aromatic nitrogens is 1. The van der Waals surface area contributed by atoms with Crippen molar-refractivity contribution in [3.8, 4) is 10.6 Å². The van der Waals surface area contributed by atoms with E-state index in [9.17, 15) is 4.79 Å². The SMILES string of the molecule is O=C(Nc1nc(-c2cccs2)cs1)c1cc(Cl)cc(Cl)c1I. The molecule has 0 aliphatic carbocycles. The Labute approximate surface area is 158 Å². The number of carbonyl (C=O) groups is 1. The summed E-state index contributed by atoms with van der Waals surface area (Å²) in [6.45, 7) is 0. The summed E-state index contributed by atoms with van der Waals surface area (Å²) in [4.78, 5) is 17.9. The first-order chi connectivity index (χ1) is 10.5. The molecule has 1 amide bonds. The molecule has 0 spiro atoms. The molecule has 0 fully saturated rings. The first-order valence-electron chi connectivity index (χ1n) is 6.00. The molecule has 3 aromatic rings. The minimum atomic E-state index is -0.277. The van der Waals surface area contributed by atoms with Gasteiger partial charge in [-0.05, 0) is 46.2 Å². The van der Waals surface area contributed by atoms with Gasteiger partial charge in [-0.1, -0.05) is 29.3 Å². The van der Waals surface area contributed by atoms with Gasteiger partial charge in [-0.3, -0.25) is 10.1 Å². The standard InChI is InChI=1S/C14H7Cl2IN2OS2/c15-7-4-8(12(17)9(16)5-7)13(20)19-14-18-10(6-22-14)11-2-1-3-21-11/h1-6H,(H,18,19,20). The van der Waals surface area contributed by atoms with Crippen molar-refractivity contribution in [2.45, 2.75) is 0 Å². The molecule has 1 N–H and O–H groups in total. The molecule has 2 heterocycles. The van der Waals surface area contributed by atoms with Crippen molar-refractivity contribution in [1.29, 1.82) is 0 Å². The Morgan fingerprint density at radius 2 is 2.09 bits per heavy atom. The van der Waals surface area contributed by atoms with Crippen LogP contribution in [-0.4, -0.2) is 10.9 Å². The van der Waals surface area contributed by atoms with Gasteiger partial charge in [0, 0.05) is 14.0 Å². The second-order valence-electron chi connectivity index (χ2n) is 4.22. The molecule has 1 aromatic carbocycles. The van der Waals surface area contributed by atoms with E-state index in [-0.39, 0.29) is 5.91 Å². The average molecular weight is 481 g/mol. The number of hydrogen-bond acceptors (Lipinski definition) is 4. The summed E-state index contributed by atoms with van der Waals surface area (Å²) in [7, 11) is 0. The summed E-state index contributed by atoms with van der Waals surface area (Å²) in [5, 5.41) is 8.11. The van der Waals surface area contributed by atoms with Crippen molar-refractivity contribution < 1.29 is 4.79 Å². The Morgan fingerprint density at radius 1 is 1.27 bits per heavy atom. The van der Waals surface area contributed by atoms with Crippen LogP contribution in [0.15, 0.2) is 35.0 Å². The highest BCUT2D eigenvalue weighted by atomic mass is 127. The molecule has 0 atom stereocenters. The number of benzene rings is 1. The maximum atomic E-state index is 12.4. The maximum Gasteiger partial charge on any atom is 0.258 e. The van der Waals surface area contributed by atoms with Crippen LogP contribution in [0.5, 0.6) is 0 Å². The van der Waals surface area contributed by atoms with Gasteiger partial charge in [0.1, 0.15) is 0 Å². The van der Waals surface area contributed by atoms with Crippen molar-refractivity contribution in [3.05, 3.63) is 54.2 Å². The molecular weight excluding hydrogens is 474 g/mol. The molecule has 8 heteroatoms. The predicted octanol–water partition coefficient (Wildman–Crippen LogP) is 6.04. The Morgan fingerprint density at radius 3 is 2.82 bits per heavy atom. The third kappa shape index (κ3) is 3.46. The van der Waals surface area contributed by atoms with E-state index in [1.54, 1.807) is 23.5 Å². The summed E-state index contributed by atoms with van der Waals surface area (Å²) in [5.41, 5.74) is 1.29. The Bertz CT molecular complexity index is 833. The van der Waals surface area contributed by atoms with Gasteiger partial charge in [0.25, 0.3) is 5.91 Å². The first-order valence-corrected chi connectivity index (χ1v) is 9.59. The van der Waals surface area contributed by atoms with E-state index >= 15 is 0 Å². The normalized spacial score (nSPS) is 10.7. The molecule has 22 heavy (non-hydrogen) atoms. The molecule has 2 aromatic heterocycles. The number of hydrogen-bond donors (Lipinski definition) is 1. The number of amides is 1. The number of anilines is 1. The largest absolute Gasteiger partial charge is 0.298 e. The van der Waals surface area contributed by atoms with E-state index in [4.69, 9.17) is 23.2 Å². The molecule has 3 nitrogen and oxygen atoms in total. The van der Waals surface area contributed by atoms with Crippen molar-refractivity contribution in [2.75, 3.05) is 5.32 Å². The Kier molecular flexibility index (Phi) is 5.03.